The molecule has 2 aromatic heterocycles. The number of ether oxygens (including phenoxy) is 1. The molecule has 0 aliphatic rings. The number of rotatable bonds is 2. The minimum atomic E-state index is 0.524. The molecule has 0 unspecified atom stereocenters. The van der Waals surface area contributed by atoms with Gasteiger partial charge in [0.2, 0.25) is 5.88 Å². The molecule has 2 rings (SSSR count). The van der Waals surface area contributed by atoms with Crippen LogP contribution in [0.5, 0.6) is 5.88 Å². The van der Waals surface area contributed by atoms with Crippen LogP contribution in [0, 0.1) is 10.7 Å². The first kappa shape index (κ1) is 10.7. The van der Waals surface area contributed by atoms with Crippen LogP contribution in [0.3, 0.4) is 0 Å². The van der Waals surface area contributed by atoms with Gasteiger partial charge in [-0.1, -0.05) is 32.9 Å². The Hall–Kier alpha value is -0.850. The quantitative estimate of drug-likeness (QED) is 0.610. The van der Waals surface area contributed by atoms with Crippen LogP contribution < -0.4 is 4.74 Å². The van der Waals surface area contributed by atoms with E-state index in [4.69, 9.17) is 17.0 Å². The number of methoxy groups -OCH3 is 1. The van der Waals surface area contributed by atoms with Crippen LogP contribution in [-0.2, 0) is 0 Å². The molecule has 0 amide bonds. The number of hydrogen-bond acceptors (Lipinski definition) is 6. The van der Waals surface area contributed by atoms with E-state index < -0.39 is 0 Å². The first-order valence-corrected chi connectivity index (χ1v) is 6.74. The van der Waals surface area contributed by atoms with E-state index in [0.717, 1.165) is 20.0 Å². The zero-order valence-electron chi connectivity index (χ0n) is 8.18. The zero-order chi connectivity index (χ0) is 10.8. The smallest absolute Gasteiger partial charge is 0.232 e. The van der Waals surface area contributed by atoms with E-state index in [1.54, 1.807) is 40.2 Å². The molecule has 0 saturated carbocycles. The third-order valence-electron chi connectivity index (χ3n) is 1.90. The highest BCUT2D eigenvalue weighted by Gasteiger charge is 2.09. The van der Waals surface area contributed by atoms with Crippen molar-refractivity contribution in [1.29, 1.82) is 0 Å². The van der Waals surface area contributed by atoms with Crippen molar-refractivity contribution in [2.24, 2.45) is 0 Å². The van der Waals surface area contributed by atoms with Gasteiger partial charge in [-0.25, -0.2) is 4.98 Å². The minimum absolute atomic E-state index is 0.524. The van der Waals surface area contributed by atoms with E-state index in [0.29, 0.717) is 5.88 Å². The molecule has 0 saturated heterocycles. The van der Waals surface area contributed by atoms with Gasteiger partial charge in [0.05, 0.1) is 24.4 Å². The van der Waals surface area contributed by atoms with Gasteiger partial charge in [0.15, 0.2) is 0 Å². The highest BCUT2D eigenvalue weighted by Crippen LogP contribution is 2.32. The molecule has 0 aliphatic carbocycles. The second-order valence-electron chi connectivity index (χ2n) is 2.85. The van der Waals surface area contributed by atoms with Crippen LogP contribution in [0.25, 0.3) is 10.6 Å². The highest BCUT2D eigenvalue weighted by atomic mass is 32.9. The average molecular weight is 256 g/mol. The van der Waals surface area contributed by atoms with Crippen LogP contribution in [0.15, 0.2) is 12.4 Å². The fraction of sp³-hybridized carbons (Fsp3) is 0.222. The van der Waals surface area contributed by atoms with Gasteiger partial charge in [0.1, 0.15) is 9.52 Å². The lowest BCUT2D eigenvalue weighted by Crippen LogP contribution is -1.91. The number of aromatic nitrogens is 2. The van der Waals surface area contributed by atoms with Gasteiger partial charge in [-0.2, -0.15) is 0 Å². The van der Waals surface area contributed by atoms with Crippen LogP contribution in [-0.4, -0.2) is 17.1 Å². The van der Waals surface area contributed by atoms with E-state index in [2.05, 4.69) is 9.97 Å². The Bertz CT molecular complexity index is 532. The lowest BCUT2D eigenvalue weighted by molar-refractivity contribution is 0.396. The predicted octanol–water partition coefficient (Wildman–Crippen LogP) is 3.31. The summed E-state index contributed by atoms with van der Waals surface area (Å²) in [5.41, 5.74) is 1.92. The summed E-state index contributed by atoms with van der Waals surface area (Å²) in [4.78, 5) is 9.47. The molecule has 0 radical (unpaired) electrons. The predicted molar refractivity (Wildman–Crippen MR) is 65.3 cm³/mol. The lowest BCUT2D eigenvalue weighted by atomic mass is 10.3. The van der Waals surface area contributed by atoms with Gasteiger partial charge in [-0.05, 0) is 12.5 Å². The molecular weight excluding hydrogens is 248 g/mol. The summed E-state index contributed by atoms with van der Waals surface area (Å²) in [5.74, 6) is 0.524. The van der Waals surface area contributed by atoms with Gasteiger partial charge < -0.3 is 4.74 Å². The maximum Gasteiger partial charge on any atom is 0.232 e. The molecular formula is C9H8N2OS3. The van der Waals surface area contributed by atoms with Gasteiger partial charge in [-0.15, -0.1) is 0 Å². The molecule has 0 atom stereocenters. The van der Waals surface area contributed by atoms with E-state index in [1.165, 1.54) is 0 Å². The SMILES string of the molecule is COc1cncc(-c2ssc(=S)c2C)n1. The van der Waals surface area contributed by atoms with Crippen molar-refractivity contribution in [3.05, 3.63) is 21.8 Å². The third kappa shape index (κ3) is 2.06. The zero-order valence-corrected chi connectivity index (χ0v) is 10.6. The second-order valence-corrected chi connectivity index (χ2v) is 5.67. The third-order valence-corrected chi connectivity index (χ3v) is 5.25. The highest BCUT2D eigenvalue weighted by molar-refractivity contribution is 7.80. The Morgan fingerprint density at radius 1 is 1.33 bits per heavy atom. The van der Waals surface area contributed by atoms with Crippen molar-refractivity contribution in [3.8, 4) is 16.5 Å². The lowest BCUT2D eigenvalue weighted by Gasteiger charge is -2.00. The van der Waals surface area contributed by atoms with Crippen molar-refractivity contribution in [2.75, 3.05) is 7.11 Å². The summed E-state index contributed by atoms with van der Waals surface area (Å²) < 4.78 is 5.95. The molecule has 0 aliphatic heterocycles. The van der Waals surface area contributed by atoms with Gasteiger partial charge in [-0.3, -0.25) is 4.98 Å². The van der Waals surface area contributed by atoms with Crippen molar-refractivity contribution in [1.82, 2.24) is 9.97 Å². The molecule has 0 N–H and O–H groups in total. The Labute approximate surface area is 99.8 Å². The normalized spacial score (nSPS) is 10.3. The summed E-state index contributed by atoms with van der Waals surface area (Å²) in [6, 6.07) is 0. The number of nitrogens with zero attached hydrogens (tertiary/aromatic N) is 2. The maximum atomic E-state index is 5.18. The van der Waals surface area contributed by atoms with E-state index >= 15 is 0 Å². The molecule has 0 aromatic carbocycles. The van der Waals surface area contributed by atoms with Crippen molar-refractivity contribution < 1.29 is 4.74 Å². The maximum absolute atomic E-state index is 5.18. The summed E-state index contributed by atoms with van der Waals surface area (Å²) in [5, 5.41) is 0. The standard InChI is InChI=1S/C9H8N2OS3/c1-5-8(14-15-9(5)13)6-3-10-4-7(11-6)12-2/h3-4H,1-2H3. The monoisotopic (exact) mass is 256 g/mol. The molecule has 3 nitrogen and oxygen atoms in total. The first-order chi connectivity index (χ1) is 7.22. The molecule has 15 heavy (non-hydrogen) atoms. The first-order valence-electron chi connectivity index (χ1n) is 4.18. The van der Waals surface area contributed by atoms with E-state index in [9.17, 15) is 0 Å². The summed E-state index contributed by atoms with van der Waals surface area (Å²) in [7, 11) is 4.79. The van der Waals surface area contributed by atoms with Gasteiger partial charge in [0.25, 0.3) is 0 Å². The second kappa shape index (κ2) is 4.34. The van der Waals surface area contributed by atoms with Crippen molar-refractivity contribution in [2.45, 2.75) is 6.92 Å². The fourth-order valence-electron chi connectivity index (χ4n) is 1.09. The number of hydrogen-bond donors (Lipinski definition) is 0. The van der Waals surface area contributed by atoms with Gasteiger partial charge >= 0.3 is 0 Å². The Morgan fingerprint density at radius 3 is 2.73 bits per heavy atom. The van der Waals surface area contributed by atoms with E-state index in [1.807, 2.05) is 6.92 Å². The van der Waals surface area contributed by atoms with Crippen LogP contribution >= 0.6 is 32.9 Å². The summed E-state index contributed by atoms with van der Waals surface area (Å²) in [6.45, 7) is 2.01. The largest absolute Gasteiger partial charge is 0.480 e. The Morgan fingerprint density at radius 2 is 2.13 bits per heavy atom. The summed E-state index contributed by atoms with van der Waals surface area (Å²) in [6.07, 6.45) is 3.31. The topological polar surface area (TPSA) is 35.0 Å². The molecule has 0 spiro atoms. The molecule has 0 bridgehead atoms. The molecule has 2 aromatic rings. The molecule has 2 heterocycles. The Balaban J connectivity index is 2.54. The van der Waals surface area contributed by atoms with Gasteiger partial charge in [0, 0.05) is 0 Å². The summed E-state index contributed by atoms with van der Waals surface area (Å²) >= 11 is 5.18. The Kier molecular flexibility index (Phi) is 3.08. The van der Waals surface area contributed by atoms with E-state index in [-0.39, 0.29) is 0 Å². The fourth-order valence-corrected chi connectivity index (χ4v) is 3.91. The molecule has 78 valence electrons. The molecule has 6 heteroatoms. The van der Waals surface area contributed by atoms with Crippen molar-refractivity contribution >= 4 is 32.9 Å². The van der Waals surface area contributed by atoms with Crippen LogP contribution in [0.4, 0.5) is 0 Å². The minimum Gasteiger partial charge on any atom is -0.480 e. The van der Waals surface area contributed by atoms with Crippen molar-refractivity contribution in [3.63, 3.8) is 0 Å². The molecule has 0 fully saturated rings. The van der Waals surface area contributed by atoms with Crippen LogP contribution in [0.1, 0.15) is 5.56 Å². The average Bonchev–Trinajstić information content (AvgIpc) is 2.60. The van der Waals surface area contributed by atoms with Crippen LogP contribution in [0.2, 0.25) is 0 Å².